The Morgan fingerprint density at radius 2 is 1.94 bits per heavy atom. The van der Waals surface area contributed by atoms with Crippen LogP contribution in [-0.2, 0) is 21.5 Å². The summed E-state index contributed by atoms with van der Waals surface area (Å²) < 4.78 is 38.4. The fourth-order valence-corrected chi connectivity index (χ4v) is 4.72. The van der Waals surface area contributed by atoms with E-state index < -0.39 is 5.76 Å². The maximum Gasteiger partial charge on any atom is 0.291 e. The third-order valence-corrected chi connectivity index (χ3v) is 6.59. The third-order valence-electron chi connectivity index (χ3n) is 5.89. The average Bonchev–Trinajstić information content (AvgIpc) is 3.14. The molecule has 0 aliphatic carbocycles. The number of para-hydroxylation sites is 2. The highest BCUT2D eigenvalue weighted by Gasteiger charge is 2.35. The Balaban J connectivity index is 1.52. The summed E-state index contributed by atoms with van der Waals surface area (Å²) in [6.45, 7) is 1.59. The van der Waals surface area contributed by atoms with E-state index in [4.69, 9.17) is 9.47 Å². The van der Waals surface area contributed by atoms with E-state index >= 15 is 0 Å². The van der Waals surface area contributed by atoms with Crippen molar-refractivity contribution in [1.29, 1.82) is 0 Å². The molecule has 0 bridgehead atoms. The lowest BCUT2D eigenvalue weighted by Crippen LogP contribution is -2.45. The number of thioether (sulfide) groups is 1. The van der Waals surface area contributed by atoms with Gasteiger partial charge in [-0.25, -0.2) is 4.98 Å². The van der Waals surface area contributed by atoms with Gasteiger partial charge in [-0.15, -0.1) is 0 Å². The second-order valence-electron chi connectivity index (χ2n) is 7.75. The molecule has 170 valence electrons. The number of rotatable bonds is 8. The first kappa shape index (κ1) is 22.5. The second kappa shape index (κ2) is 9.87. The molecule has 1 fully saturated rings. The quantitative estimate of drug-likeness (QED) is 0.509. The molecule has 1 aliphatic heterocycles. The van der Waals surface area contributed by atoms with E-state index in [0.29, 0.717) is 42.6 Å². The molecule has 4 rings (SSSR count). The van der Waals surface area contributed by atoms with E-state index in [9.17, 15) is 13.6 Å². The molecule has 1 N–H and O–H groups in total. The maximum atomic E-state index is 13.0. The first-order valence-corrected chi connectivity index (χ1v) is 11.3. The highest BCUT2D eigenvalue weighted by molar-refractivity contribution is 7.99. The molecule has 32 heavy (non-hydrogen) atoms. The van der Waals surface area contributed by atoms with Crippen molar-refractivity contribution in [1.82, 2.24) is 14.9 Å². The van der Waals surface area contributed by atoms with Crippen molar-refractivity contribution in [3.05, 3.63) is 54.1 Å². The Morgan fingerprint density at radius 3 is 2.62 bits per heavy atom. The lowest BCUT2D eigenvalue weighted by molar-refractivity contribution is -0.122. The van der Waals surface area contributed by atoms with Gasteiger partial charge in [0.05, 0.1) is 18.1 Å². The number of hydrogen-bond donors (Lipinski definition) is 1. The summed E-state index contributed by atoms with van der Waals surface area (Å²) in [5.74, 6) is -2.09. The molecule has 9 heteroatoms. The Kier molecular flexibility index (Phi) is 6.95. The van der Waals surface area contributed by atoms with E-state index in [-0.39, 0.29) is 23.0 Å². The van der Waals surface area contributed by atoms with Crippen molar-refractivity contribution < 1.29 is 23.0 Å². The number of halogens is 2. The largest absolute Gasteiger partial charge is 0.497 e. The maximum absolute atomic E-state index is 13.0. The average molecular weight is 462 g/mol. The number of imidazole rings is 1. The van der Waals surface area contributed by atoms with Crippen LogP contribution in [0.2, 0.25) is 0 Å². The van der Waals surface area contributed by atoms with E-state index in [1.165, 1.54) is 0 Å². The number of nitrogens with one attached hydrogen (secondary N) is 1. The molecular formula is C23H25F2N3O3S. The molecule has 2 heterocycles. The van der Waals surface area contributed by atoms with Crippen molar-refractivity contribution in [3.63, 3.8) is 0 Å². The minimum Gasteiger partial charge on any atom is -0.497 e. The summed E-state index contributed by atoms with van der Waals surface area (Å²) in [6, 6.07) is 15.0. The van der Waals surface area contributed by atoms with E-state index in [1.807, 2.05) is 24.3 Å². The van der Waals surface area contributed by atoms with Crippen LogP contribution >= 0.6 is 11.8 Å². The van der Waals surface area contributed by atoms with E-state index in [0.717, 1.165) is 24.2 Å². The highest BCUT2D eigenvalue weighted by Crippen LogP contribution is 2.35. The van der Waals surface area contributed by atoms with Crippen molar-refractivity contribution in [2.24, 2.45) is 0 Å². The van der Waals surface area contributed by atoms with Gasteiger partial charge in [-0.05, 0) is 54.4 Å². The van der Waals surface area contributed by atoms with Gasteiger partial charge in [-0.1, -0.05) is 24.3 Å². The number of aromatic nitrogens is 2. The van der Waals surface area contributed by atoms with Gasteiger partial charge in [0, 0.05) is 25.2 Å². The van der Waals surface area contributed by atoms with Crippen LogP contribution in [0.25, 0.3) is 11.0 Å². The van der Waals surface area contributed by atoms with Crippen LogP contribution in [0.1, 0.15) is 18.4 Å². The van der Waals surface area contributed by atoms with Crippen LogP contribution in [0, 0.1) is 0 Å². The highest BCUT2D eigenvalue weighted by atomic mass is 32.2. The molecule has 1 aliphatic rings. The van der Waals surface area contributed by atoms with Gasteiger partial charge in [0.2, 0.25) is 5.91 Å². The predicted molar refractivity (Wildman–Crippen MR) is 119 cm³/mol. The summed E-state index contributed by atoms with van der Waals surface area (Å²) in [7, 11) is 1.62. The van der Waals surface area contributed by atoms with Gasteiger partial charge < -0.3 is 19.4 Å². The molecule has 0 spiro atoms. The summed E-state index contributed by atoms with van der Waals surface area (Å²) in [5.41, 5.74) is 2.10. The smallest absolute Gasteiger partial charge is 0.291 e. The minimum absolute atomic E-state index is 0.0786. The lowest BCUT2D eigenvalue weighted by atomic mass is 9.74. The molecule has 0 atom stereocenters. The minimum atomic E-state index is -2.62. The zero-order chi connectivity index (χ0) is 22.6. The van der Waals surface area contributed by atoms with Crippen LogP contribution in [0.4, 0.5) is 8.78 Å². The Labute approximate surface area is 189 Å². The molecule has 0 unspecified atom stereocenters. The number of nitrogens with zero attached hydrogens (tertiary/aromatic N) is 2. The number of amides is 1. The molecule has 0 saturated carbocycles. The number of fused-ring (bicyclic) bond motifs is 1. The molecule has 2 aromatic carbocycles. The Morgan fingerprint density at radius 1 is 1.22 bits per heavy atom. The zero-order valence-corrected chi connectivity index (χ0v) is 18.5. The number of methoxy groups -OCH3 is 1. The predicted octanol–water partition coefficient (Wildman–Crippen LogP) is 4.22. The second-order valence-corrected chi connectivity index (χ2v) is 8.70. The van der Waals surface area contributed by atoms with Crippen molar-refractivity contribution in [3.8, 4) is 5.75 Å². The van der Waals surface area contributed by atoms with Gasteiger partial charge in [-0.2, -0.15) is 8.78 Å². The number of ether oxygens (including phenoxy) is 2. The molecule has 1 amide bonds. The standard InChI is InChI=1S/C23H25F2N3O3S/c1-30-17-8-6-16(7-9-17)23(10-12-31-13-11-23)15-26-20(29)14-28-19-5-3-2-4-18(19)27-22(28)32-21(24)25/h2-9,21H,10-15H2,1H3,(H,26,29). The lowest BCUT2D eigenvalue weighted by Gasteiger charge is -2.38. The van der Waals surface area contributed by atoms with Crippen LogP contribution in [0.3, 0.4) is 0 Å². The molecule has 1 saturated heterocycles. The van der Waals surface area contributed by atoms with E-state index in [1.54, 1.807) is 35.9 Å². The normalized spacial score (nSPS) is 15.8. The summed E-state index contributed by atoms with van der Waals surface area (Å²) in [5, 5.41) is 3.16. The molecule has 1 aromatic heterocycles. The van der Waals surface area contributed by atoms with Crippen molar-refractivity contribution in [2.45, 2.75) is 35.7 Å². The third kappa shape index (κ3) is 4.88. The van der Waals surface area contributed by atoms with E-state index in [2.05, 4.69) is 10.3 Å². The Bertz CT molecular complexity index is 1070. The topological polar surface area (TPSA) is 65.4 Å². The van der Waals surface area contributed by atoms with Gasteiger partial charge in [0.15, 0.2) is 5.16 Å². The summed E-state index contributed by atoms with van der Waals surface area (Å²) >= 11 is 0.349. The summed E-state index contributed by atoms with van der Waals surface area (Å²) in [6.07, 6.45) is 1.56. The van der Waals surface area contributed by atoms with Gasteiger partial charge in [-0.3, -0.25) is 4.79 Å². The fourth-order valence-electron chi connectivity index (χ4n) is 4.12. The van der Waals surface area contributed by atoms with Gasteiger partial charge >= 0.3 is 0 Å². The first-order valence-electron chi connectivity index (χ1n) is 10.4. The fraction of sp³-hybridized carbons (Fsp3) is 0.391. The summed E-state index contributed by atoms with van der Waals surface area (Å²) in [4.78, 5) is 17.2. The number of benzene rings is 2. The van der Waals surface area contributed by atoms with Crippen LogP contribution in [0.5, 0.6) is 5.75 Å². The van der Waals surface area contributed by atoms with Gasteiger partial charge in [0.1, 0.15) is 12.3 Å². The van der Waals surface area contributed by atoms with Crippen molar-refractivity contribution >= 4 is 28.7 Å². The zero-order valence-electron chi connectivity index (χ0n) is 17.7. The number of carbonyl (C=O) groups excluding carboxylic acids is 1. The first-order chi connectivity index (χ1) is 15.5. The molecular weight excluding hydrogens is 436 g/mol. The van der Waals surface area contributed by atoms with Gasteiger partial charge in [0.25, 0.3) is 5.76 Å². The molecule has 3 aromatic rings. The monoisotopic (exact) mass is 461 g/mol. The number of carbonyl (C=O) groups is 1. The van der Waals surface area contributed by atoms with Crippen molar-refractivity contribution in [2.75, 3.05) is 26.9 Å². The molecule has 0 radical (unpaired) electrons. The Hall–Kier alpha value is -2.65. The van der Waals surface area contributed by atoms with Crippen LogP contribution in [0.15, 0.2) is 53.7 Å². The van der Waals surface area contributed by atoms with Crippen LogP contribution < -0.4 is 10.1 Å². The number of hydrogen-bond acceptors (Lipinski definition) is 5. The van der Waals surface area contributed by atoms with Crippen LogP contribution in [-0.4, -0.2) is 48.1 Å². The molecule has 6 nitrogen and oxygen atoms in total. The SMILES string of the molecule is COc1ccc(C2(CNC(=O)Cn3c(SC(F)F)nc4ccccc43)CCOCC2)cc1. The number of alkyl halides is 2.